The van der Waals surface area contributed by atoms with Crippen LogP contribution in [0.2, 0.25) is 0 Å². The summed E-state index contributed by atoms with van der Waals surface area (Å²) in [6.07, 6.45) is 5.79. The zero-order chi connectivity index (χ0) is 18.9. The molecule has 2 aromatic heterocycles. The van der Waals surface area contributed by atoms with Crippen molar-refractivity contribution in [3.8, 4) is 0 Å². The van der Waals surface area contributed by atoms with E-state index in [1.54, 1.807) is 0 Å². The summed E-state index contributed by atoms with van der Waals surface area (Å²) in [7, 11) is 0. The minimum atomic E-state index is -4.42. The second-order valence-corrected chi connectivity index (χ2v) is 8.19. The van der Waals surface area contributed by atoms with Gasteiger partial charge in [-0.05, 0) is 12.8 Å². The molecule has 0 aromatic carbocycles. The maximum atomic E-state index is 12.7. The van der Waals surface area contributed by atoms with E-state index in [2.05, 4.69) is 24.6 Å². The van der Waals surface area contributed by atoms with Crippen LogP contribution in [0.1, 0.15) is 48.8 Å². The highest BCUT2D eigenvalue weighted by molar-refractivity contribution is 7.15. The monoisotopic (exact) mass is 400 g/mol. The maximum Gasteiger partial charge on any atom is 0.445 e. The molecule has 0 unspecified atom stereocenters. The lowest BCUT2D eigenvalue weighted by Crippen LogP contribution is -2.46. The molecule has 0 amide bonds. The van der Waals surface area contributed by atoms with Crippen LogP contribution in [-0.4, -0.2) is 50.8 Å². The van der Waals surface area contributed by atoms with Crippen molar-refractivity contribution in [3.63, 3.8) is 0 Å². The molecular formula is C17H23F3N6S. The van der Waals surface area contributed by atoms with Gasteiger partial charge in [0.15, 0.2) is 0 Å². The smallest absolute Gasteiger partial charge is 0.344 e. The number of hydrogen-bond acceptors (Lipinski definition) is 6. The summed E-state index contributed by atoms with van der Waals surface area (Å²) >= 11 is 0.620. The molecule has 1 aliphatic carbocycles. The van der Waals surface area contributed by atoms with Gasteiger partial charge in [0.05, 0.1) is 12.0 Å². The van der Waals surface area contributed by atoms with E-state index in [1.165, 1.54) is 37.8 Å². The fraction of sp³-hybridized carbons (Fsp3) is 0.706. The van der Waals surface area contributed by atoms with Gasteiger partial charge >= 0.3 is 6.18 Å². The van der Waals surface area contributed by atoms with E-state index in [4.69, 9.17) is 0 Å². The van der Waals surface area contributed by atoms with Gasteiger partial charge < -0.3 is 9.47 Å². The molecule has 0 N–H and O–H groups in total. The number of piperazine rings is 1. The third-order valence-corrected chi connectivity index (χ3v) is 6.43. The number of anilines is 1. The molecule has 10 heteroatoms. The van der Waals surface area contributed by atoms with Gasteiger partial charge in [0, 0.05) is 45.0 Å². The van der Waals surface area contributed by atoms with Gasteiger partial charge in [0.2, 0.25) is 10.1 Å². The molecule has 4 rings (SSSR count). The predicted octanol–water partition coefficient (Wildman–Crippen LogP) is 3.58. The molecule has 0 bridgehead atoms. The fourth-order valence-electron chi connectivity index (χ4n) is 3.93. The van der Waals surface area contributed by atoms with Crippen molar-refractivity contribution in [1.29, 1.82) is 0 Å². The third-order valence-electron chi connectivity index (χ3n) is 5.40. The van der Waals surface area contributed by atoms with Crippen LogP contribution < -0.4 is 4.90 Å². The van der Waals surface area contributed by atoms with Crippen molar-refractivity contribution >= 4 is 16.5 Å². The predicted molar refractivity (Wildman–Crippen MR) is 96.8 cm³/mol. The topological polar surface area (TPSA) is 50.1 Å². The van der Waals surface area contributed by atoms with Crippen molar-refractivity contribution in [2.45, 2.75) is 50.9 Å². The summed E-state index contributed by atoms with van der Waals surface area (Å²) in [6.45, 7) is 3.72. The molecular weight excluding hydrogens is 377 g/mol. The van der Waals surface area contributed by atoms with E-state index in [1.807, 2.05) is 17.4 Å². The lowest BCUT2D eigenvalue weighted by atomic mass is 9.95. The molecule has 0 atom stereocenters. The summed E-state index contributed by atoms with van der Waals surface area (Å²) in [4.78, 5) is 8.58. The van der Waals surface area contributed by atoms with Crippen LogP contribution in [0.25, 0.3) is 0 Å². The Kier molecular flexibility index (Phi) is 5.36. The maximum absolute atomic E-state index is 12.7. The Labute approximate surface area is 160 Å². The minimum Gasteiger partial charge on any atom is -0.344 e. The highest BCUT2D eigenvalue weighted by Gasteiger charge is 2.36. The number of rotatable bonds is 4. The number of halogens is 3. The van der Waals surface area contributed by atoms with Gasteiger partial charge in [0.25, 0.3) is 0 Å². The average molecular weight is 400 g/mol. The Bertz CT molecular complexity index is 744. The van der Waals surface area contributed by atoms with Crippen LogP contribution in [0, 0.1) is 0 Å². The zero-order valence-corrected chi connectivity index (χ0v) is 15.8. The standard InChI is InChI=1S/C17H23F3N6S/c18-17(19,20)15-22-23-16(27-15)25-8-6-24(7-9-25)11-14-10-21-12-26(14)13-4-2-1-3-5-13/h10,12-13H,1-9,11H2. The lowest BCUT2D eigenvalue weighted by molar-refractivity contribution is -0.138. The summed E-state index contributed by atoms with van der Waals surface area (Å²) in [5, 5.41) is 6.48. The molecule has 148 valence electrons. The van der Waals surface area contributed by atoms with Crippen LogP contribution in [0.3, 0.4) is 0 Å². The van der Waals surface area contributed by atoms with Gasteiger partial charge in [-0.15, -0.1) is 10.2 Å². The average Bonchev–Trinajstić information content (AvgIpc) is 3.32. The Morgan fingerprint density at radius 1 is 1.04 bits per heavy atom. The summed E-state index contributed by atoms with van der Waals surface area (Å²) in [6, 6.07) is 0.555. The molecule has 1 aliphatic heterocycles. The first-order valence-electron chi connectivity index (χ1n) is 9.39. The molecule has 2 aromatic rings. The number of hydrogen-bond donors (Lipinski definition) is 0. The van der Waals surface area contributed by atoms with Gasteiger partial charge in [0.1, 0.15) is 0 Å². The van der Waals surface area contributed by atoms with E-state index in [0.717, 1.165) is 19.6 Å². The molecule has 3 heterocycles. The molecule has 1 saturated carbocycles. The number of alkyl halides is 3. The van der Waals surface area contributed by atoms with E-state index in [-0.39, 0.29) is 0 Å². The highest BCUT2D eigenvalue weighted by Crippen LogP contribution is 2.34. The molecule has 6 nitrogen and oxygen atoms in total. The normalized spacial score (nSPS) is 20.3. The quantitative estimate of drug-likeness (QED) is 0.785. The van der Waals surface area contributed by atoms with E-state index >= 15 is 0 Å². The molecule has 27 heavy (non-hydrogen) atoms. The third kappa shape index (κ3) is 4.26. The van der Waals surface area contributed by atoms with E-state index in [0.29, 0.717) is 35.6 Å². The van der Waals surface area contributed by atoms with Crippen molar-refractivity contribution in [2.24, 2.45) is 0 Å². The minimum absolute atomic E-state index is 0.356. The van der Waals surface area contributed by atoms with E-state index in [9.17, 15) is 13.2 Å². The molecule has 0 spiro atoms. The Hall–Kier alpha value is -1.68. The number of aromatic nitrogens is 4. The first kappa shape index (κ1) is 18.7. The lowest BCUT2D eigenvalue weighted by Gasteiger charge is -2.35. The Morgan fingerprint density at radius 3 is 2.44 bits per heavy atom. The molecule has 1 saturated heterocycles. The zero-order valence-electron chi connectivity index (χ0n) is 15.0. The van der Waals surface area contributed by atoms with Crippen LogP contribution in [0.5, 0.6) is 0 Å². The SMILES string of the molecule is FC(F)(F)c1nnc(N2CCN(Cc3cncn3C3CCCCC3)CC2)s1. The number of nitrogens with zero attached hydrogens (tertiary/aromatic N) is 6. The van der Waals surface area contributed by atoms with Crippen molar-refractivity contribution in [2.75, 3.05) is 31.1 Å². The van der Waals surface area contributed by atoms with Gasteiger partial charge in [-0.1, -0.05) is 30.6 Å². The second-order valence-electron chi connectivity index (χ2n) is 7.23. The van der Waals surface area contributed by atoms with E-state index < -0.39 is 11.2 Å². The fourth-order valence-corrected chi connectivity index (χ4v) is 4.69. The Balaban J connectivity index is 1.34. The van der Waals surface area contributed by atoms with Crippen LogP contribution in [0.4, 0.5) is 18.3 Å². The Morgan fingerprint density at radius 2 is 1.78 bits per heavy atom. The highest BCUT2D eigenvalue weighted by atomic mass is 32.1. The van der Waals surface area contributed by atoms with Gasteiger partial charge in [-0.2, -0.15) is 13.2 Å². The summed E-state index contributed by atoms with van der Waals surface area (Å²) < 4.78 is 40.4. The second kappa shape index (κ2) is 7.75. The van der Waals surface area contributed by atoms with Gasteiger partial charge in [-0.3, -0.25) is 4.90 Å². The summed E-state index contributed by atoms with van der Waals surface area (Å²) in [5.74, 6) is 0. The molecule has 2 fully saturated rings. The van der Waals surface area contributed by atoms with Crippen molar-refractivity contribution in [1.82, 2.24) is 24.6 Å². The summed E-state index contributed by atoms with van der Waals surface area (Å²) in [5.41, 5.74) is 1.23. The van der Waals surface area contributed by atoms with Gasteiger partial charge in [-0.25, -0.2) is 4.98 Å². The first-order valence-corrected chi connectivity index (χ1v) is 10.2. The van der Waals surface area contributed by atoms with Crippen LogP contribution >= 0.6 is 11.3 Å². The molecule has 0 radical (unpaired) electrons. The first-order chi connectivity index (χ1) is 13.0. The van der Waals surface area contributed by atoms with Crippen LogP contribution in [0.15, 0.2) is 12.5 Å². The largest absolute Gasteiger partial charge is 0.445 e. The molecule has 2 aliphatic rings. The van der Waals surface area contributed by atoms with Crippen molar-refractivity contribution in [3.05, 3.63) is 23.2 Å². The van der Waals surface area contributed by atoms with Crippen LogP contribution in [-0.2, 0) is 12.7 Å². The number of imidazole rings is 1. The van der Waals surface area contributed by atoms with Crippen molar-refractivity contribution < 1.29 is 13.2 Å².